The predicted molar refractivity (Wildman–Crippen MR) is 125 cm³/mol. The molecule has 2 aromatic carbocycles. The van der Waals surface area contributed by atoms with Crippen LogP contribution in [0.25, 0.3) is 0 Å². The van der Waals surface area contributed by atoms with Crippen LogP contribution >= 0.6 is 11.8 Å². The lowest BCUT2D eigenvalue weighted by molar-refractivity contribution is 0.0956. The largest absolute Gasteiger partial charge is 0.495 e. The summed E-state index contributed by atoms with van der Waals surface area (Å²) in [6.07, 6.45) is 3.72. The molecule has 3 rings (SSSR count). The van der Waals surface area contributed by atoms with E-state index in [9.17, 15) is 13.2 Å². The number of nitrogens with one attached hydrogen (secondary N) is 2. The van der Waals surface area contributed by atoms with Crippen molar-refractivity contribution >= 4 is 27.7 Å². The summed E-state index contributed by atoms with van der Waals surface area (Å²) in [5.74, 6) is 1.59. The van der Waals surface area contributed by atoms with Crippen LogP contribution in [-0.4, -0.2) is 39.8 Å². The molecule has 2 N–H and O–H groups in total. The van der Waals surface area contributed by atoms with Crippen LogP contribution in [0.4, 0.5) is 0 Å². The fourth-order valence-electron chi connectivity index (χ4n) is 3.57. The summed E-state index contributed by atoms with van der Waals surface area (Å²) < 4.78 is 33.7. The number of carbonyl (C=O) groups is 1. The quantitative estimate of drug-likeness (QED) is 0.524. The lowest BCUT2D eigenvalue weighted by Crippen LogP contribution is -2.33. The zero-order valence-electron chi connectivity index (χ0n) is 18.0. The Hall–Kier alpha value is -2.03. The van der Waals surface area contributed by atoms with E-state index in [-0.39, 0.29) is 22.6 Å². The third-order valence-electron chi connectivity index (χ3n) is 5.31. The van der Waals surface area contributed by atoms with E-state index in [1.54, 1.807) is 17.8 Å². The number of aryl methyl sites for hydroxylation is 1. The van der Waals surface area contributed by atoms with Gasteiger partial charge in [0.05, 0.1) is 7.11 Å². The van der Waals surface area contributed by atoms with Crippen molar-refractivity contribution in [2.45, 2.75) is 49.3 Å². The SMILES string of the molecule is COc1ccc(C(=O)NCCSCc2ccc(C)cc2)cc1S(=O)(=O)NC1CCCC1. The average Bonchev–Trinajstić information content (AvgIpc) is 3.26. The minimum absolute atomic E-state index is 0.00305. The molecule has 1 aliphatic rings. The van der Waals surface area contributed by atoms with E-state index < -0.39 is 10.0 Å². The van der Waals surface area contributed by atoms with Gasteiger partial charge in [0.1, 0.15) is 10.6 Å². The fraction of sp³-hybridized carbons (Fsp3) is 0.435. The van der Waals surface area contributed by atoms with Crippen molar-refractivity contribution in [2.24, 2.45) is 0 Å². The molecule has 1 fully saturated rings. The Bertz CT molecular complexity index is 985. The van der Waals surface area contributed by atoms with Gasteiger partial charge in [0, 0.05) is 29.7 Å². The number of benzene rings is 2. The van der Waals surface area contributed by atoms with E-state index in [0.29, 0.717) is 12.1 Å². The number of amides is 1. The Morgan fingerprint density at radius 3 is 2.52 bits per heavy atom. The Morgan fingerprint density at radius 1 is 1.13 bits per heavy atom. The lowest BCUT2D eigenvalue weighted by atomic mass is 10.2. The van der Waals surface area contributed by atoms with Gasteiger partial charge >= 0.3 is 0 Å². The summed E-state index contributed by atoms with van der Waals surface area (Å²) in [5, 5.41) is 2.87. The first kappa shape index (κ1) is 23.6. The molecule has 0 bridgehead atoms. The van der Waals surface area contributed by atoms with E-state index in [4.69, 9.17) is 4.74 Å². The van der Waals surface area contributed by atoms with Gasteiger partial charge in [-0.2, -0.15) is 11.8 Å². The number of hydrogen-bond acceptors (Lipinski definition) is 5. The number of methoxy groups -OCH3 is 1. The molecule has 0 aromatic heterocycles. The molecule has 6 nitrogen and oxygen atoms in total. The van der Waals surface area contributed by atoms with Crippen molar-refractivity contribution < 1.29 is 17.9 Å². The Balaban J connectivity index is 1.56. The molecule has 8 heteroatoms. The zero-order valence-corrected chi connectivity index (χ0v) is 19.7. The van der Waals surface area contributed by atoms with Gasteiger partial charge in [-0.05, 0) is 43.5 Å². The second-order valence-electron chi connectivity index (χ2n) is 7.76. The molecule has 0 unspecified atom stereocenters. The summed E-state index contributed by atoms with van der Waals surface area (Å²) in [6, 6.07) is 12.9. The summed E-state index contributed by atoms with van der Waals surface area (Å²) in [6.45, 7) is 2.57. The van der Waals surface area contributed by atoms with Gasteiger partial charge in [0.15, 0.2) is 0 Å². The molecule has 0 saturated heterocycles. The van der Waals surface area contributed by atoms with Gasteiger partial charge in [-0.3, -0.25) is 4.79 Å². The highest BCUT2D eigenvalue weighted by atomic mass is 32.2. The van der Waals surface area contributed by atoms with Crippen molar-refractivity contribution in [3.63, 3.8) is 0 Å². The first-order valence-corrected chi connectivity index (χ1v) is 13.1. The van der Waals surface area contributed by atoms with E-state index >= 15 is 0 Å². The molecule has 0 atom stereocenters. The minimum Gasteiger partial charge on any atom is -0.495 e. The van der Waals surface area contributed by atoms with Crippen LogP contribution < -0.4 is 14.8 Å². The molecule has 0 radical (unpaired) electrons. The smallest absolute Gasteiger partial charge is 0.251 e. The van der Waals surface area contributed by atoms with Crippen molar-refractivity contribution in [1.29, 1.82) is 0 Å². The fourth-order valence-corrected chi connectivity index (χ4v) is 5.89. The normalized spacial score (nSPS) is 14.5. The standard InChI is InChI=1S/C23H30N2O4S2/c1-17-7-9-18(10-8-17)16-30-14-13-24-23(26)19-11-12-21(29-2)22(15-19)31(27,28)25-20-5-3-4-6-20/h7-12,15,20,25H,3-6,13-14,16H2,1-2H3,(H,24,26). The highest BCUT2D eigenvalue weighted by Gasteiger charge is 2.26. The number of hydrogen-bond donors (Lipinski definition) is 2. The molecular formula is C23H30N2O4S2. The van der Waals surface area contributed by atoms with Crippen LogP contribution in [0.5, 0.6) is 5.75 Å². The lowest BCUT2D eigenvalue weighted by Gasteiger charge is -2.15. The second kappa shape index (κ2) is 11.0. The van der Waals surface area contributed by atoms with E-state index in [2.05, 4.69) is 41.2 Å². The maximum Gasteiger partial charge on any atom is 0.251 e. The molecule has 0 spiro atoms. The Morgan fingerprint density at radius 2 is 1.84 bits per heavy atom. The molecule has 168 valence electrons. The Labute approximate surface area is 189 Å². The van der Waals surface area contributed by atoms with Gasteiger partial charge in [-0.1, -0.05) is 42.7 Å². The minimum atomic E-state index is -3.76. The molecule has 1 saturated carbocycles. The van der Waals surface area contributed by atoms with Crippen molar-refractivity contribution in [2.75, 3.05) is 19.4 Å². The third kappa shape index (κ3) is 6.72. The molecule has 2 aromatic rings. The number of thioether (sulfide) groups is 1. The monoisotopic (exact) mass is 462 g/mol. The van der Waals surface area contributed by atoms with Crippen LogP contribution in [0.15, 0.2) is 47.4 Å². The maximum atomic E-state index is 12.9. The predicted octanol–water partition coefficient (Wildman–Crippen LogP) is 3.89. The topological polar surface area (TPSA) is 84.5 Å². The summed E-state index contributed by atoms with van der Waals surface area (Å²) in [4.78, 5) is 12.6. The molecule has 0 heterocycles. The average molecular weight is 463 g/mol. The van der Waals surface area contributed by atoms with E-state index in [1.165, 1.54) is 30.4 Å². The number of ether oxygens (including phenoxy) is 1. The molecule has 1 aliphatic carbocycles. The van der Waals surface area contributed by atoms with Gasteiger partial charge in [-0.15, -0.1) is 0 Å². The van der Waals surface area contributed by atoms with Crippen LogP contribution in [0.3, 0.4) is 0 Å². The highest BCUT2D eigenvalue weighted by molar-refractivity contribution is 7.98. The van der Waals surface area contributed by atoms with Crippen molar-refractivity contribution in [3.8, 4) is 5.75 Å². The molecular weight excluding hydrogens is 432 g/mol. The summed E-state index contributed by atoms with van der Waals surface area (Å²) in [5.41, 5.74) is 2.79. The van der Waals surface area contributed by atoms with Crippen LogP contribution in [0.1, 0.15) is 47.2 Å². The van der Waals surface area contributed by atoms with Gasteiger partial charge in [0.25, 0.3) is 5.91 Å². The first-order chi connectivity index (χ1) is 14.9. The third-order valence-corrected chi connectivity index (χ3v) is 7.89. The number of rotatable bonds is 10. The zero-order chi connectivity index (χ0) is 22.3. The van der Waals surface area contributed by atoms with Crippen molar-refractivity contribution in [3.05, 3.63) is 59.2 Å². The van der Waals surface area contributed by atoms with Gasteiger partial charge in [0.2, 0.25) is 10.0 Å². The Kier molecular flexibility index (Phi) is 8.40. The molecule has 31 heavy (non-hydrogen) atoms. The first-order valence-electron chi connectivity index (χ1n) is 10.5. The van der Waals surface area contributed by atoms with Crippen LogP contribution in [0, 0.1) is 6.92 Å². The van der Waals surface area contributed by atoms with Crippen LogP contribution in [0.2, 0.25) is 0 Å². The van der Waals surface area contributed by atoms with Crippen molar-refractivity contribution in [1.82, 2.24) is 10.0 Å². The second-order valence-corrected chi connectivity index (χ2v) is 10.5. The van der Waals surface area contributed by atoms with Gasteiger partial charge < -0.3 is 10.1 Å². The van der Waals surface area contributed by atoms with Gasteiger partial charge in [-0.25, -0.2) is 13.1 Å². The molecule has 1 amide bonds. The summed E-state index contributed by atoms with van der Waals surface area (Å²) in [7, 11) is -2.34. The number of carbonyl (C=O) groups excluding carboxylic acids is 1. The van der Waals surface area contributed by atoms with Crippen LogP contribution in [-0.2, 0) is 15.8 Å². The number of sulfonamides is 1. The molecule has 0 aliphatic heterocycles. The highest BCUT2D eigenvalue weighted by Crippen LogP contribution is 2.27. The van der Waals surface area contributed by atoms with E-state index in [1.807, 2.05) is 0 Å². The summed E-state index contributed by atoms with van der Waals surface area (Å²) >= 11 is 1.74. The maximum absolute atomic E-state index is 12.9. The van der Waals surface area contributed by atoms with E-state index in [0.717, 1.165) is 37.2 Å².